The maximum atomic E-state index is 6.60. The minimum Gasteiger partial charge on any atom is -0.467 e. The SMILES string of the molecule is COc1nc2c(c(N3CCc4cnoc4C3)n1)CCN(c1cccc3cccc(Cl)c13)C2. The molecule has 0 saturated heterocycles. The van der Waals surface area contributed by atoms with E-state index < -0.39 is 0 Å². The molecule has 0 radical (unpaired) electrons. The number of aromatic nitrogens is 3. The summed E-state index contributed by atoms with van der Waals surface area (Å²) in [5.74, 6) is 1.84. The summed E-state index contributed by atoms with van der Waals surface area (Å²) in [6.07, 6.45) is 3.55. The van der Waals surface area contributed by atoms with Crippen molar-refractivity contribution >= 4 is 33.9 Å². The molecule has 0 unspecified atom stereocenters. The van der Waals surface area contributed by atoms with E-state index in [0.29, 0.717) is 19.1 Å². The summed E-state index contributed by atoms with van der Waals surface area (Å²) < 4.78 is 10.9. The summed E-state index contributed by atoms with van der Waals surface area (Å²) in [6.45, 7) is 3.06. The molecular formula is C24H22ClN5O2. The van der Waals surface area contributed by atoms with Gasteiger partial charge in [0.2, 0.25) is 0 Å². The Morgan fingerprint density at radius 1 is 1.00 bits per heavy atom. The average molecular weight is 448 g/mol. The standard InChI is InChI=1S/C24H22ClN5O2/c1-31-24-27-19-13-29(20-7-3-5-15-4-2-6-18(25)22(15)20)11-9-17(19)23(28-24)30-10-8-16-12-26-32-21(16)14-30/h2-7,12H,8-11,13-14H2,1H3. The van der Waals surface area contributed by atoms with Crippen LogP contribution >= 0.6 is 11.6 Å². The highest BCUT2D eigenvalue weighted by atomic mass is 35.5. The molecule has 0 atom stereocenters. The maximum absolute atomic E-state index is 6.60. The van der Waals surface area contributed by atoms with Gasteiger partial charge in [0.25, 0.3) is 0 Å². The van der Waals surface area contributed by atoms with Crippen LogP contribution in [0.5, 0.6) is 6.01 Å². The molecule has 32 heavy (non-hydrogen) atoms. The fourth-order valence-electron chi connectivity index (χ4n) is 4.79. The van der Waals surface area contributed by atoms with E-state index in [1.807, 2.05) is 18.3 Å². The molecule has 2 aromatic heterocycles. The molecule has 2 aliphatic heterocycles. The zero-order valence-corrected chi connectivity index (χ0v) is 18.5. The van der Waals surface area contributed by atoms with Crippen LogP contribution in [0.2, 0.25) is 5.02 Å². The molecule has 2 aliphatic rings. The molecule has 0 fully saturated rings. The molecular weight excluding hydrogens is 426 g/mol. The largest absolute Gasteiger partial charge is 0.467 e. The lowest BCUT2D eigenvalue weighted by Gasteiger charge is -2.34. The first-order valence-corrected chi connectivity index (χ1v) is 11.1. The number of anilines is 2. The molecule has 0 bridgehead atoms. The van der Waals surface area contributed by atoms with Crippen LogP contribution in [0.4, 0.5) is 11.5 Å². The zero-order valence-electron chi connectivity index (χ0n) is 17.7. The topological polar surface area (TPSA) is 67.5 Å². The summed E-state index contributed by atoms with van der Waals surface area (Å²) in [5, 5.41) is 6.93. The molecule has 4 heterocycles. The number of hydrogen-bond donors (Lipinski definition) is 0. The van der Waals surface area contributed by atoms with Gasteiger partial charge in [0.15, 0.2) is 5.76 Å². The monoisotopic (exact) mass is 447 g/mol. The van der Waals surface area contributed by atoms with Crippen LogP contribution in [0.25, 0.3) is 10.8 Å². The predicted octanol–water partition coefficient (Wildman–Crippen LogP) is 4.41. The van der Waals surface area contributed by atoms with E-state index in [2.05, 4.69) is 39.2 Å². The smallest absolute Gasteiger partial charge is 0.318 e. The van der Waals surface area contributed by atoms with Crippen LogP contribution in [0.1, 0.15) is 22.6 Å². The van der Waals surface area contributed by atoms with E-state index >= 15 is 0 Å². The Kier molecular flexibility index (Phi) is 4.64. The van der Waals surface area contributed by atoms with Crippen LogP contribution in [0, 0.1) is 0 Å². The summed E-state index contributed by atoms with van der Waals surface area (Å²) in [4.78, 5) is 14.1. The van der Waals surface area contributed by atoms with Gasteiger partial charge in [-0.05, 0) is 30.4 Å². The quantitative estimate of drug-likeness (QED) is 0.461. The molecule has 0 amide bonds. The average Bonchev–Trinajstić information content (AvgIpc) is 3.31. The molecule has 2 aromatic carbocycles. The van der Waals surface area contributed by atoms with Crippen LogP contribution in [0.3, 0.4) is 0 Å². The van der Waals surface area contributed by atoms with Gasteiger partial charge in [0, 0.05) is 35.3 Å². The van der Waals surface area contributed by atoms with Crippen molar-refractivity contribution in [1.29, 1.82) is 0 Å². The lowest BCUT2D eigenvalue weighted by molar-refractivity contribution is 0.369. The van der Waals surface area contributed by atoms with Crippen LogP contribution < -0.4 is 14.5 Å². The second-order valence-corrected chi connectivity index (χ2v) is 8.60. The minimum atomic E-state index is 0.389. The van der Waals surface area contributed by atoms with E-state index in [4.69, 9.17) is 30.8 Å². The number of benzene rings is 2. The number of fused-ring (bicyclic) bond motifs is 3. The number of methoxy groups -OCH3 is 1. The van der Waals surface area contributed by atoms with E-state index in [9.17, 15) is 0 Å². The van der Waals surface area contributed by atoms with E-state index in [1.54, 1.807) is 7.11 Å². The molecule has 8 heteroatoms. The number of nitrogens with zero attached hydrogens (tertiary/aromatic N) is 5. The second-order valence-electron chi connectivity index (χ2n) is 8.19. The van der Waals surface area contributed by atoms with Crippen molar-refractivity contribution in [2.24, 2.45) is 0 Å². The molecule has 0 spiro atoms. The van der Waals surface area contributed by atoms with Gasteiger partial charge in [-0.2, -0.15) is 9.97 Å². The maximum Gasteiger partial charge on any atom is 0.318 e. The highest BCUT2D eigenvalue weighted by Gasteiger charge is 2.29. The third kappa shape index (κ3) is 3.15. The van der Waals surface area contributed by atoms with Crippen molar-refractivity contribution in [2.75, 3.05) is 30.0 Å². The van der Waals surface area contributed by atoms with Gasteiger partial charge in [-0.25, -0.2) is 0 Å². The number of ether oxygens (including phenoxy) is 1. The Labute approximate surface area is 190 Å². The molecule has 0 aliphatic carbocycles. The predicted molar refractivity (Wildman–Crippen MR) is 124 cm³/mol. The Bertz CT molecular complexity index is 1320. The van der Waals surface area contributed by atoms with Gasteiger partial charge in [-0.15, -0.1) is 0 Å². The van der Waals surface area contributed by atoms with Gasteiger partial charge >= 0.3 is 6.01 Å². The summed E-state index contributed by atoms with van der Waals surface area (Å²) in [7, 11) is 1.61. The van der Waals surface area contributed by atoms with Crippen molar-refractivity contribution < 1.29 is 9.26 Å². The molecule has 0 N–H and O–H groups in total. The van der Waals surface area contributed by atoms with Crippen molar-refractivity contribution in [1.82, 2.24) is 15.1 Å². The van der Waals surface area contributed by atoms with E-state index in [0.717, 1.165) is 64.7 Å². The molecule has 0 saturated carbocycles. The fraction of sp³-hybridized carbons (Fsp3) is 0.292. The fourth-order valence-corrected chi connectivity index (χ4v) is 5.07. The lowest BCUT2D eigenvalue weighted by atomic mass is 10.0. The van der Waals surface area contributed by atoms with E-state index in [1.165, 1.54) is 11.1 Å². The first-order chi connectivity index (χ1) is 15.7. The Hall–Kier alpha value is -3.32. The normalized spacial score (nSPS) is 15.6. The molecule has 7 nitrogen and oxygen atoms in total. The Morgan fingerprint density at radius 2 is 1.84 bits per heavy atom. The Morgan fingerprint density at radius 3 is 2.72 bits per heavy atom. The van der Waals surface area contributed by atoms with Crippen molar-refractivity contribution in [3.05, 3.63) is 70.2 Å². The molecule has 4 aromatic rings. The third-order valence-electron chi connectivity index (χ3n) is 6.39. The van der Waals surface area contributed by atoms with Gasteiger partial charge < -0.3 is 19.1 Å². The summed E-state index contributed by atoms with van der Waals surface area (Å²) in [6, 6.07) is 12.7. The van der Waals surface area contributed by atoms with Crippen molar-refractivity contribution in [3.8, 4) is 6.01 Å². The van der Waals surface area contributed by atoms with Crippen molar-refractivity contribution in [3.63, 3.8) is 0 Å². The summed E-state index contributed by atoms with van der Waals surface area (Å²) >= 11 is 6.60. The highest BCUT2D eigenvalue weighted by molar-refractivity contribution is 6.36. The highest BCUT2D eigenvalue weighted by Crippen LogP contribution is 2.37. The second kappa shape index (κ2) is 7.67. The Balaban J connectivity index is 1.39. The first-order valence-electron chi connectivity index (χ1n) is 10.7. The number of halogens is 1. The van der Waals surface area contributed by atoms with E-state index in [-0.39, 0.29) is 0 Å². The van der Waals surface area contributed by atoms with Gasteiger partial charge in [0.1, 0.15) is 5.82 Å². The van der Waals surface area contributed by atoms with Crippen molar-refractivity contribution in [2.45, 2.75) is 25.9 Å². The molecule has 6 rings (SSSR count). The number of hydrogen-bond acceptors (Lipinski definition) is 7. The summed E-state index contributed by atoms with van der Waals surface area (Å²) in [5.41, 5.74) is 4.47. The number of rotatable bonds is 3. The molecule has 162 valence electrons. The first kappa shape index (κ1) is 19.4. The van der Waals surface area contributed by atoms with Crippen LogP contribution in [-0.4, -0.2) is 35.3 Å². The zero-order chi connectivity index (χ0) is 21.7. The van der Waals surface area contributed by atoms with Gasteiger partial charge in [0.05, 0.1) is 37.1 Å². The third-order valence-corrected chi connectivity index (χ3v) is 6.71. The minimum absolute atomic E-state index is 0.389. The van der Waals surface area contributed by atoms with Gasteiger partial charge in [-0.1, -0.05) is 41.0 Å². The van der Waals surface area contributed by atoms with Gasteiger partial charge in [-0.3, -0.25) is 0 Å². The lowest BCUT2D eigenvalue weighted by Crippen LogP contribution is -2.36. The van der Waals surface area contributed by atoms with Crippen LogP contribution in [-0.2, 0) is 25.9 Å². The van der Waals surface area contributed by atoms with Crippen LogP contribution in [0.15, 0.2) is 47.1 Å².